The third-order valence-corrected chi connectivity index (χ3v) is 2.22. The molecule has 0 spiro atoms. The third kappa shape index (κ3) is 2.19. The second-order valence-electron chi connectivity index (χ2n) is 3.33. The van der Waals surface area contributed by atoms with Crippen molar-refractivity contribution < 1.29 is 18.9 Å². The van der Waals surface area contributed by atoms with Crippen LogP contribution in [0.1, 0.15) is 10.5 Å². The Balaban J connectivity index is 2.29. The van der Waals surface area contributed by atoms with Crippen molar-refractivity contribution in [1.29, 1.82) is 0 Å². The van der Waals surface area contributed by atoms with Gasteiger partial charge >= 0.3 is 5.97 Å². The van der Waals surface area contributed by atoms with Gasteiger partial charge in [0.25, 0.3) is 5.69 Å². The maximum Gasteiger partial charge on any atom is 0.360 e. The van der Waals surface area contributed by atoms with Gasteiger partial charge in [0.15, 0.2) is 5.69 Å². The van der Waals surface area contributed by atoms with Gasteiger partial charge in [-0.1, -0.05) is 0 Å². The predicted molar refractivity (Wildman–Crippen MR) is 59.9 cm³/mol. The second-order valence-corrected chi connectivity index (χ2v) is 3.33. The van der Waals surface area contributed by atoms with E-state index in [0.29, 0.717) is 5.56 Å². The molecule has 2 aromatic rings. The van der Waals surface area contributed by atoms with Crippen LogP contribution in [-0.2, 0) is 4.74 Å². The summed E-state index contributed by atoms with van der Waals surface area (Å²) in [6, 6.07) is 5.64. The lowest BCUT2D eigenvalue weighted by atomic mass is 10.2. The first-order valence-electron chi connectivity index (χ1n) is 4.90. The average molecular weight is 248 g/mol. The Morgan fingerprint density at radius 2 is 2.06 bits per heavy atom. The van der Waals surface area contributed by atoms with Crippen molar-refractivity contribution in [2.75, 3.05) is 7.11 Å². The summed E-state index contributed by atoms with van der Waals surface area (Å²) in [6.45, 7) is 0. The molecule has 0 unspecified atom stereocenters. The van der Waals surface area contributed by atoms with E-state index < -0.39 is 10.9 Å². The number of oxazole rings is 1. The maximum atomic E-state index is 11.2. The van der Waals surface area contributed by atoms with Crippen LogP contribution < -0.4 is 0 Å². The molecule has 0 atom stereocenters. The van der Waals surface area contributed by atoms with Crippen LogP contribution in [-0.4, -0.2) is 23.0 Å². The van der Waals surface area contributed by atoms with Gasteiger partial charge in [0.2, 0.25) is 5.89 Å². The molecule has 1 aromatic carbocycles. The van der Waals surface area contributed by atoms with Gasteiger partial charge < -0.3 is 9.15 Å². The minimum Gasteiger partial charge on any atom is -0.464 e. The van der Waals surface area contributed by atoms with Gasteiger partial charge in [-0.2, -0.15) is 0 Å². The Kier molecular flexibility index (Phi) is 3.05. The molecule has 18 heavy (non-hydrogen) atoms. The highest BCUT2D eigenvalue weighted by atomic mass is 16.6. The van der Waals surface area contributed by atoms with E-state index in [1.807, 2.05) is 0 Å². The largest absolute Gasteiger partial charge is 0.464 e. The molecule has 1 aromatic heterocycles. The Labute approximate surface area is 101 Å². The number of esters is 1. The molecular weight excluding hydrogens is 240 g/mol. The quantitative estimate of drug-likeness (QED) is 0.468. The number of nitrogens with zero attached hydrogens (tertiary/aromatic N) is 2. The summed E-state index contributed by atoms with van der Waals surface area (Å²) >= 11 is 0. The number of ether oxygens (including phenoxy) is 1. The van der Waals surface area contributed by atoms with Crippen LogP contribution >= 0.6 is 0 Å². The first-order valence-corrected chi connectivity index (χ1v) is 4.90. The molecule has 7 nitrogen and oxygen atoms in total. The highest BCUT2D eigenvalue weighted by Crippen LogP contribution is 2.21. The Bertz CT molecular complexity index is 588. The smallest absolute Gasteiger partial charge is 0.360 e. The van der Waals surface area contributed by atoms with Gasteiger partial charge in [-0.05, 0) is 12.1 Å². The summed E-state index contributed by atoms with van der Waals surface area (Å²) in [7, 11) is 1.24. The van der Waals surface area contributed by atoms with Crippen molar-refractivity contribution >= 4 is 11.7 Å². The normalized spacial score (nSPS) is 10.1. The van der Waals surface area contributed by atoms with E-state index in [9.17, 15) is 14.9 Å². The van der Waals surface area contributed by atoms with Gasteiger partial charge in [0.05, 0.1) is 12.0 Å². The molecule has 7 heteroatoms. The fourth-order valence-electron chi connectivity index (χ4n) is 1.33. The summed E-state index contributed by atoms with van der Waals surface area (Å²) in [5.41, 5.74) is 0.556. The van der Waals surface area contributed by atoms with Gasteiger partial charge in [-0.3, -0.25) is 10.1 Å². The van der Waals surface area contributed by atoms with Gasteiger partial charge in [0.1, 0.15) is 6.26 Å². The lowest BCUT2D eigenvalue weighted by Crippen LogP contribution is -2.00. The van der Waals surface area contributed by atoms with Crippen molar-refractivity contribution in [2.24, 2.45) is 0 Å². The van der Waals surface area contributed by atoms with Gasteiger partial charge in [0, 0.05) is 17.7 Å². The molecule has 0 aliphatic rings. The van der Waals surface area contributed by atoms with E-state index in [-0.39, 0.29) is 17.3 Å². The third-order valence-electron chi connectivity index (χ3n) is 2.22. The molecule has 0 saturated heterocycles. The predicted octanol–water partition coefficient (Wildman–Crippen LogP) is 2.04. The standard InChI is InChI=1S/C11H8N2O5/c1-17-11(14)9-6-18-10(12-9)7-2-4-8(5-3-7)13(15)16/h2-6H,1H3. The number of nitro groups is 1. The van der Waals surface area contributed by atoms with Crippen LogP contribution in [0.15, 0.2) is 34.9 Å². The summed E-state index contributed by atoms with van der Waals surface area (Å²) < 4.78 is 9.58. The van der Waals surface area contributed by atoms with Crippen LogP contribution in [0.4, 0.5) is 5.69 Å². The van der Waals surface area contributed by atoms with E-state index >= 15 is 0 Å². The van der Waals surface area contributed by atoms with Crippen molar-refractivity contribution in [3.05, 3.63) is 46.3 Å². The number of carbonyl (C=O) groups is 1. The Morgan fingerprint density at radius 3 is 2.61 bits per heavy atom. The molecule has 0 bridgehead atoms. The summed E-state index contributed by atoms with van der Waals surface area (Å²) in [6.07, 6.45) is 1.17. The summed E-state index contributed by atoms with van der Waals surface area (Å²) in [5.74, 6) is -0.405. The van der Waals surface area contributed by atoms with Crippen molar-refractivity contribution in [1.82, 2.24) is 4.98 Å². The fourth-order valence-corrected chi connectivity index (χ4v) is 1.33. The molecule has 1 heterocycles. The number of nitro benzene ring substituents is 1. The maximum absolute atomic E-state index is 11.2. The van der Waals surface area contributed by atoms with Crippen molar-refractivity contribution in [3.8, 4) is 11.5 Å². The topological polar surface area (TPSA) is 95.5 Å². The first kappa shape index (κ1) is 11.8. The minimum atomic E-state index is -0.605. The minimum absolute atomic E-state index is 0.0292. The number of aromatic nitrogens is 1. The number of non-ortho nitro benzene ring substituents is 1. The molecule has 0 aliphatic heterocycles. The molecule has 0 radical (unpaired) electrons. The van der Waals surface area contributed by atoms with Crippen LogP contribution in [0.2, 0.25) is 0 Å². The van der Waals surface area contributed by atoms with E-state index in [1.54, 1.807) is 0 Å². The van der Waals surface area contributed by atoms with E-state index in [1.165, 1.54) is 37.6 Å². The lowest BCUT2D eigenvalue weighted by molar-refractivity contribution is -0.384. The van der Waals surface area contributed by atoms with Gasteiger partial charge in [-0.25, -0.2) is 9.78 Å². The summed E-state index contributed by atoms with van der Waals surface area (Å²) in [5, 5.41) is 10.5. The second kappa shape index (κ2) is 4.66. The van der Waals surface area contributed by atoms with Crippen molar-refractivity contribution in [2.45, 2.75) is 0 Å². The van der Waals surface area contributed by atoms with E-state index in [2.05, 4.69) is 9.72 Å². The molecule has 0 saturated carbocycles. The molecule has 92 valence electrons. The average Bonchev–Trinajstić information content (AvgIpc) is 2.87. The number of carbonyl (C=O) groups excluding carboxylic acids is 1. The van der Waals surface area contributed by atoms with E-state index in [4.69, 9.17) is 4.42 Å². The number of methoxy groups -OCH3 is 1. The van der Waals surface area contributed by atoms with Gasteiger partial charge in [-0.15, -0.1) is 0 Å². The molecule has 0 N–H and O–H groups in total. The van der Waals surface area contributed by atoms with Crippen LogP contribution in [0.5, 0.6) is 0 Å². The zero-order chi connectivity index (χ0) is 13.1. The Hall–Kier alpha value is -2.70. The highest BCUT2D eigenvalue weighted by molar-refractivity contribution is 5.87. The number of hydrogen-bond donors (Lipinski definition) is 0. The fraction of sp³-hybridized carbons (Fsp3) is 0.0909. The summed E-state index contributed by atoms with van der Waals surface area (Å²) in [4.78, 5) is 25.1. The monoisotopic (exact) mass is 248 g/mol. The van der Waals surface area contributed by atoms with Crippen LogP contribution in [0.25, 0.3) is 11.5 Å². The number of hydrogen-bond acceptors (Lipinski definition) is 6. The number of rotatable bonds is 3. The van der Waals surface area contributed by atoms with Crippen LogP contribution in [0, 0.1) is 10.1 Å². The highest BCUT2D eigenvalue weighted by Gasteiger charge is 2.14. The molecule has 0 amide bonds. The zero-order valence-electron chi connectivity index (χ0n) is 9.32. The molecule has 0 fully saturated rings. The van der Waals surface area contributed by atoms with E-state index in [0.717, 1.165) is 0 Å². The molecular formula is C11H8N2O5. The Morgan fingerprint density at radius 1 is 1.39 bits per heavy atom. The lowest BCUT2D eigenvalue weighted by Gasteiger charge is -1.94. The zero-order valence-corrected chi connectivity index (χ0v) is 9.32. The van der Waals surface area contributed by atoms with Crippen LogP contribution in [0.3, 0.4) is 0 Å². The first-order chi connectivity index (χ1) is 8.61. The van der Waals surface area contributed by atoms with Crippen molar-refractivity contribution in [3.63, 3.8) is 0 Å². The molecule has 0 aliphatic carbocycles. The number of benzene rings is 1. The molecule has 2 rings (SSSR count). The SMILES string of the molecule is COC(=O)c1coc(-c2ccc([N+](=O)[O-])cc2)n1.